The second kappa shape index (κ2) is 7.34. The molecule has 0 rings (SSSR count). The SMILES string of the molecule is CO[Si](CCC(Br)OC(C)=O)(OC)OC. The summed E-state index contributed by atoms with van der Waals surface area (Å²) in [4.78, 5) is 10.7. The Labute approximate surface area is 99.5 Å². The molecule has 0 aliphatic rings. The van der Waals surface area contributed by atoms with Gasteiger partial charge in [0.15, 0.2) is 5.01 Å². The maximum absolute atomic E-state index is 10.7. The van der Waals surface area contributed by atoms with Crippen LogP contribution in [0, 0.1) is 0 Å². The fourth-order valence-electron chi connectivity index (χ4n) is 1.09. The van der Waals surface area contributed by atoms with E-state index in [1.54, 1.807) is 21.3 Å². The average Bonchev–Trinajstić information content (AvgIpc) is 2.20. The van der Waals surface area contributed by atoms with Crippen LogP contribution in [0.15, 0.2) is 0 Å². The van der Waals surface area contributed by atoms with Gasteiger partial charge in [0.25, 0.3) is 0 Å². The Kier molecular flexibility index (Phi) is 7.36. The van der Waals surface area contributed by atoms with Gasteiger partial charge in [0.05, 0.1) is 0 Å². The summed E-state index contributed by atoms with van der Waals surface area (Å²) in [6, 6.07) is 0.583. The van der Waals surface area contributed by atoms with Gasteiger partial charge >= 0.3 is 14.8 Å². The van der Waals surface area contributed by atoms with Gasteiger partial charge in [-0.3, -0.25) is 4.79 Å². The maximum Gasteiger partial charge on any atom is 0.500 e. The number of carbonyl (C=O) groups is 1. The number of alkyl halides is 1. The summed E-state index contributed by atoms with van der Waals surface area (Å²) in [7, 11) is 2.10. The van der Waals surface area contributed by atoms with Crippen LogP contribution in [0.25, 0.3) is 0 Å². The molecule has 0 fully saturated rings. The first-order chi connectivity index (χ1) is 6.99. The molecule has 1 atom stereocenters. The zero-order valence-electron chi connectivity index (χ0n) is 9.41. The Bertz CT molecular complexity index is 189. The maximum atomic E-state index is 10.7. The molecule has 0 aliphatic carbocycles. The normalized spacial score (nSPS) is 13.7. The van der Waals surface area contributed by atoms with Gasteiger partial charge in [0, 0.05) is 34.3 Å². The second-order valence-electron chi connectivity index (χ2n) is 2.85. The molecule has 0 saturated carbocycles. The number of carbonyl (C=O) groups excluding carboxylic acids is 1. The zero-order chi connectivity index (χ0) is 11.9. The molecule has 0 bridgehead atoms. The molecule has 15 heavy (non-hydrogen) atoms. The minimum Gasteiger partial charge on any atom is -0.451 e. The van der Waals surface area contributed by atoms with E-state index in [1.807, 2.05) is 0 Å². The Morgan fingerprint density at radius 1 is 1.27 bits per heavy atom. The summed E-state index contributed by atoms with van der Waals surface area (Å²) < 4.78 is 20.6. The van der Waals surface area contributed by atoms with Gasteiger partial charge in [-0.05, 0) is 22.4 Å². The van der Waals surface area contributed by atoms with E-state index in [4.69, 9.17) is 18.0 Å². The van der Waals surface area contributed by atoms with E-state index in [0.717, 1.165) is 0 Å². The number of hydrogen-bond acceptors (Lipinski definition) is 5. The van der Waals surface area contributed by atoms with Gasteiger partial charge < -0.3 is 18.0 Å². The van der Waals surface area contributed by atoms with Gasteiger partial charge in [0.2, 0.25) is 0 Å². The van der Waals surface area contributed by atoms with E-state index >= 15 is 0 Å². The smallest absolute Gasteiger partial charge is 0.451 e. The van der Waals surface area contributed by atoms with Gasteiger partial charge in [-0.1, -0.05) is 0 Å². The number of esters is 1. The number of hydrogen-bond donors (Lipinski definition) is 0. The molecule has 0 aromatic heterocycles. The quantitative estimate of drug-likeness (QED) is 0.405. The Hall–Kier alpha value is 0.0469. The minimum atomic E-state index is -2.55. The van der Waals surface area contributed by atoms with Crippen LogP contribution in [0.4, 0.5) is 0 Å². The Morgan fingerprint density at radius 3 is 2.07 bits per heavy atom. The molecule has 0 N–H and O–H groups in total. The van der Waals surface area contributed by atoms with E-state index in [1.165, 1.54) is 6.92 Å². The summed E-state index contributed by atoms with van der Waals surface area (Å²) in [5.41, 5.74) is 0. The van der Waals surface area contributed by atoms with Crippen molar-refractivity contribution in [3.63, 3.8) is 0 Å². The van der Waals surface area contributed by atoms with Crippen molar-refractivity contribution in [1.29, 1.82) is 0 Å². The highest BCUT2D eigenvalue weighted by Crippen LogP contribution is 2.20. The highest BCUT2D eigenvalue weighted by Gasteiger charge is 2.38. The summed E-state index contributed by atoms with van der Waals surface area (Å²) in [5, 5.41) is -0.331. The minimum absolute atomic E-state index is 0.323. The van der Waals surface area contributed by atoms with Crippen LogP contribution in [0.1, 0.15) is 13.3 Å². The van der Waals surface area contributed by atoms with E-state index in [9.17, 15) is 4.79 Å². The predicted octanol–water partition coefficient (Wildman–Crippen LogP) is 1.54. The molecule has 5 nitrogen and oxygen atoms in total. The largest absolute Gasteiger partial charge is 0.500 e. The fourth-order valence-corrected chi connectivity index (χ4v) is 3.73. The monoisotopic (exact) mass is 300 g/mol. The molecule has 0 aromatic rings. The lowest BCUT2D eigenvalue weighted by atomic mass is 10.5. The topological polar surface area (TPSA) is 54.0 Å². The van der Waals surface area contributed by atoms with Crippen LogP contribution in [0.5, 0.6) is 0 Å². The van der Waals surface area contributed by atoms with Crippen LogP contribution < -0.4 is 0 Å². The van der Waals surface area contributed by atoms with Crippen molar-refractivity contribution in [3.05, 3.63) is 0 Å². The summed E-state index contributed by atoms with van der Waals surface area (Å²) >= 11 is 3.23. The molecule has 7 heteroatoms. The van der Waals surface area contributed by atoms with Gasteiger partial charge in [-0.25, -0.2) is 0 Å². The van der Waals surface area contributed by atoms with Gasteiger partial charge in [-0.2, -0.15) is 0 Å². The van der Waals surface area contributed by atoms with Crippen molar-refractivity contribution in [1.82, 2.24) is 0 Å². The van der Waals surface area contributed by atoms with Crippen molar-refractivity contribution < 1.29 is 22.8 Å². The zero-order valence-corrected chi connectivity index (χ0v) is 12.0. The lowest BCUT2D eigenvalue weighted by Gasteiger charge is -2.25. The molecule has 0 saturated heterocycles. The summed E-state index contributed by atoms with van der Waals surface area (Å²) in [5.74, 6) is -0.323. The lowest BCUT2D eigenvalue weighted by molar-refractivity contribution is -0.142. The van der Waals surface area contributed by atoms with Gasteiger partial charge in [0.1, 0.15) is 0 Å². The molecule has 1 unspecified atom stereocenters. The molecule has 0 spiro atoms. The van der Waals surface area contributed by atoms with Crippen molar-refractivity contribution in [3.8, 4) is 0 Å². The van der Waals surface area contributed by atoms with Crippen LogP contribution in [0.2, 0.25) is 6.04 Å². The standard InChI is InChI=1S/C8H17BrO5Si/c1-7(10)14-8(9)5-6-15(11-2,12-3)13-4/h8H,5-6H2,1-4H3. The Morgan fingerprint density at radius 2 is 1.73 bits per heavy atom. The molecule has 90 valence electrons. The van der Waals surface area contributed by atoms with E-state index in [-0.39, 0.29) is 11.0 Å². The molecule has 0 amide bonds. The van der Waals surface area contributed by atoms with E-state index < -0.39 is 8.80 Å². The number of halogens is 1. The van der Waals surface area contributed by atoms with Crippen molar-refractivity contribution >= 4 is 30.7 Å². The van der Waals surface area contributed by atoms with Crippen LogP contribution in [-0.4, -0.2) is 41.1 Å². The number of rotatable bonds is 7. The van der Waals surface area contributed by atoms with Crippen LogP contribution >= 0.6 is 15.9 Å². The molecular weight excluding hydrogens is 284 g/mol. The third-order valence-electron chi connectivity index (χ3n) is 1.90. The van der Waals surface area contributed by atoms with E-state index in [2.05, 4.69) is 15.9 Å². The highest BCUT2D eigenvalue weighted by molar-refractivity contribution is 9.09. The molecule has 0 aliphatic heterocycles. The summed E-state index contributed by atoms with van der Waals surface area (Å²) in [6.07, 6.45) is 0.585. The van der Waals surface area contributed by atoms with Crippen molar-refractivity contribution in [2.24, 2.45) is 0 Å². The second-order valence-corrected chi connectivity index (χ2v) is 6.97. The Balaban J connectivity index is 4.04. The molecular formula is C8H17BrO5Si. The average molecular weight is 301 g/mol. The van der Waals surface area contributed by atoms with Crippen LogP contribution in [0.3, 0.4) is 0 Å². The third-order valence-corrected chi connectivity index (χ3v) is 5.32. The third kappa shape index (κ3) is 5.62. The first-order valence-electron chi connectivity index (χ1n) is 4.46. The lowest BCUT2D eigenvalue weighted by Crippen LogP contribution is -2.43. The first-order valence-corrected chi connectivity index (χ1v) is 7.31. The summed E-state index contributed by atoms with van der Waals surface area (Å²) in [6.45, 7) is 1.36. The molecule has 0 aromatic carbocycles. The van der Waals surface area contributed by atoms with Crippen LogP contribution in [-0.2, 0) is 22.8 Å². The number of ether oxygens (including phenoxy) is 1. The fraction of sp³-hybridized carbons (Fsp3) is 0.875. The van der Waals surface area contributed by atoms with E-state index in [0.29, 0.717) is 12.5 Å². The predicted molar refractivity (Wildman–Crippen MR) is 60.7 cm³/mol. The van der Waals surface area contributed by atoms with Crippen molar-refractivity contribution in [2.75, 3.05) is 21.3 Å². The van der Waals surface area contributed by atoms with Crippen molar-refractivity contribution in [2.45, 2.75) is 24.4 Å². The molecule has 0 heterocycles. The van der Waals surface area contributed by atoms with Gasteiger partial charge in [-0.15, -0.1) is 0 Å². The molecule has 0 radical (unpaired) electrons. The highest BCUT2D eigenvalue weighted by atomic mass is 79.9. The first kappa shape index (κ1) is 15.0.